The number of thioether (sulfide) groups is 1. The third-order valence-electron chi connectivity index (χ3n) is 3.40. The molecule has 0 aliphatic carbocycles. The second-order valence-electron chi connectivity index (χ2n) is 5.43. The van der Waals surface area contributed by atoms with Crippen LogP contribution in [0.5, 0.6) is 5.75 Å². The van der Waals surface area contributed by atoms with Crippen LogP contribution in [0.25, 0.3) is 0 Å². The van der Waals surface area contributed by atoms with Gasteiger partial charge in [-0.25, -0.2) is 4.79 Å². The fourth-order valence-corrected chi connectivity index (χ4v) is 2.48. The number of phenols is 1. The summed E-state index contributed by atoms with van der Waals surface area (Å²) in [6, 6.07) is 4.18. The molecule has 25 heavy (non-hydrogen) atoms. The van der Waals surface area contributed by atoms with Crippen LogP contribution >= 0.6 is 11.8 Å². The molecule has 1 rings (SSSR count). The SMILES string of the molecule is CSCCC(N)C(=O)NCC(=O)NC(Cc1ccc(O)cc1)C(=O)O. The van der Waals surface area contributed by atoms with Crippen LogP contribution in [0.4, 0.5) is 0 Å². The van der Waals surface area contributed by atoms with Crippen molar-refractivity contribution in [3.63, 3.8) is 0 Å². The molecule has 0 heterocycles. The van der Waals surface area contributed by atoms with Gasteiger partial charge in [0.25, 0.3) is 0 Å². The zero-order valence-electron chi connectivity index (χ0n) is 13.9. The molecule has 2 atom stereocenters. The molecule has 0 radical (unpaired) electrons. The molecule has 0 spiro atoms. The molecule has 0 aliphatic heterocycles. The molecule has 8 nitrogen and oxygen atoms in total. The summed E-state index contributed by atoms with van der Waals surface area (Å²) in [5, 5.41) is 23.2. The van der Waals surface area contributed by atoms with Crippen LogP contribution in [0.15, 0.2) is 24.3 Å². The second-order valence-corrected chi connectivity index (χ2v) is 6.42. The van der Waals surface area contributed by atoms with E-state index < -0.39 is 29.9 Å². The van der Waals surface area contributed by atoms with Gasteiger partial charge in [-0.1, -0.05) is 12.1 Å². The molecule has 0 aromatic heterocycles. The van der Waals surface area contributed by atoms with Crippen LogP contribution in [0.1, 0.15) is 12.0 Å². The van der Waals surface area contributed by atoms with E-state index in [1.807, 2.05) is 6.26 Å². The lowest BCUT2D eigenvalue weighted by Gasteiger charge is -2.16. The topological polar surface area (TPSA) is 142 Å². The number of carbonyl (C=O) groups excluding carboxylic acids is 2. The zero-order valence-corrected chi connectivity index (χ0v) is 14.7. The van der Waals surface area contributed by atoms with Gasteiger partial charge in [0.15, 0.2) is 0 Å². The standard InChI is InChI=1S/C16H23N3O5S/c1-25-7-6-12(17)15(22)18-9-14(21)19-13(16(23)24)8-10-2-4-11(20)5-3-10/h2-5,12-13,20H,6-9,17H2,1H3,(H,18,22)(H,19,21)(H,23,24). The average molecular weight is 369 g/mol. The molecule has 138 valence electrons. The summed E-state index contributed by atoms with van der Waals surface area (Å²) in [6.45, 7) is -0.342. The van der Waals surface area contributed by atoms with E-state index >= 15 is 0 Å². The lowest BCUT2D eigenvalue weighted by molar-refractivity contribution is -0.141. The van der Waals surface area contributed by atoms with E-state index in [0.717, 1.165) is 5.75 Å². The monoisotopic (exact) mass is 369 g/mol. The number of phenolic OH excluding ortho intramolecular Hbond substituents is 1. The third kappa shape index (κ3) is 7.90. The number of nitrogens with two attached hydrogens (primary N) is 1. The van der Waals surface area contributed by atoms with Crippen LogP contribution in [-0.2, 0) is 20.8 Å². The van der Waals surface area contributed by atoms with E-state index in [2.05, 4.69) is 10.6 Å². The number of benzene rings is 1. The van der Waals surface area contributed by atoms with Gasteiger partial charge in [-0.15, -0.1) is 0 Å². The molecule has 2 amide bonds. The number of amides is 2. The van der Waals surface area contributed by atoms with Gasteiger partial charge in [0.1, 0.15) is 11.8 Å². The van der Waals surface area contributed by atoms with Gasteiger partial charge in [-0.2, -0.15) is 11.8 Å². The molecule has 0 saturated heterocycles. The maximum Gasteiger partial charge on any atom is 0.326 e. The first kappa shape index (κ1) is 20.8. The molecule has 6 N–H and O–H groups in total. The molecule has 0 bridgehead atoms. The van der Waals surface area contributed by atoms with E-state index in [0.29, 0.717) is 12.0 Å². The number of hydrogen-bond donors (Lipinski definition) is 5. The fourth-order valence-electron chi connectivity index (χ4n) is 1.99. The van der Waals surface area contributed by atoms with Gasteiger partial charge in [0.2, 0.25) is 11.8 Å². The molecule has 0 fully saturated rings. The number of carboxylic acids is 1. The van der Waals surface area contributed by atoms with E-state index in [-0.39, 0.29) is 18.7 Å². The molecule has 0 aliphatic rings. The lowest BCUT2D eigenvalue weighted by atomic mass is 10.1. The third-order valence-corrected chi connectivity index (χ3v) is 4.05. The highest BCUT2D eigenvalue weighted by molar-refractivity contribution is 7.98. The van der Waals surface area contributed by atoms with Crippen LogP contribution in [0.3, 0.4) is 0 Å². The maximum absolute atomic E-state index is 11.9. The van der Waals surface area contributed by atoms with Crippen molar-refractivity contribution in [2.75, 3.05) is 18.6 Å². The zero-order chi connectivity index (χ0) is 18.8. The van der Waals surface area contributed by atoms with Crippen molar-refractivity contribution < 1.29 is 24.6 Å². The number of hydrogen-bond acceptors (Lipinski definition) is 6. The highest BCUT2D eigenvalue weighted by Crippen LogP contribution is 2.11. The number of aromatic hydroxyl groups is 1. The van der Waals surface area contributed by atoms with Crippen LogP contribution < -0.4 is 16.4 Å². The van der Waals surface area contributed by atoms with E-state index in [4.69, 9.17) is 5.73 Å². The van der Waals surface area contributed by atoms with Gasteiger partial charge in [-0.05, 0) is 36.1 Å². The van der Waals surface area contributed by atoms with Gasteiger partial charge in [0.05, 0.1) is 12.6 Å². The molecular formula is C16H23N3O5S. The Kier molecular flexibility index (Phi) is 8.79. The summed E-state index contributed by atoms with van der Waals surface area (Å²) in [5.41, 5.74) is 6.33. The minimum atomic E-state index is -1.19. The van der Waals surface area contributed by atoms with E-state index in [1.165, 1.54) is 12.1 Å². The molecule has 1 aromatic rings. The molecule has 9 heteroatoms. The Labute approximate surface area is 150 Å². The summed E-state index contributed by atoms with van der Waals surface area (Å²) >= 11 is 1.56. The summed E-state index contributed by atoms with van der Waals surface area (Å²) in [4.78, 5) is 34.9. The number of rotatable bonds is 10. The molecular weight excluding hydrogens is 346 g/mol. The van der Waals surface area contributed by atoms with Gasteiger partial charge < -0.3 is 26.6 Å². The first-order valence-corrected chi connectivity index (χ1v) is 9.05. The Balaban J connectivity index is 2.49. The van der Waals surface area contributed by atoms with Crippen molar-refractivity contribution in [1.29, 1.82) is 0 Å². The van der Waals surface area contributed by atoms with Gasteiger partial charge in [-0.3, -0.25) is 9.59 Å². The van der Waals surface area contributed by atoms with Gasteiger partial charge in [0, 0.05) is 6.42 Å². The summed E-state index contributed by atoms with van der Waals surface area (Å²) < 4.78 is 0. The van der Waals surface area contributed by atoms with Crippen LogP contribution in [0, 0.1) is 0 Å². The summed E-state index contributed by atoms with van der Waals surface area (Å²) in [7, 11) is 0. The quantitative estimate of drug-likeness (QED) is 0.381. The van der Waals surface area contributed by atoms with Crippen molar-refractivity contribution in [3.05, 3.63) is 29.8 Å². The normalized spacial score (nSPS) is 12.9. The fraction of sp³-hybridized carbons (Fsp3) is 0.438. The number of carbonyl (C=O) groups is 3. The highest BCUT2D eigenvalue weighted by atomic mass is 32.2. The van der Waals surface area contributed by atoms with E-state index in [9.17, 15) is 24.6 Å². The minimum absolute atomic E-state index is 0.0581. The van der Waals surface area contributed by atoms with Crippen molar-refractivity contribution in [1.82, 2.24) is 10.6 Å². The Morgan fingerprint density at radius 2 is 1.88 bits per heavy atom. The van der Waals surface area contributed by atoms with E-state index in [1.54, 1.807) is 23.9 Å². The summed E-state index contributed by atoms with van der Waals surface area (Å²) in [5.74, 6) is -1.45. The first-order valence-electron chi connectivity index (χ1n) is 7.65. The van der Waals surface area contributed by atoms with Crippen LogP contribution in [0.2, 0.25) is 0 Å². The number of aliphatic carboxylic acids is 1. The minimum Gasteiger partial charge on any atom is -0.508 e. The predicted octanol–water partition coefficient (Wildman–Crippen LogP) is -0.299. The van der Waals surface area contributed by atoms with Crippen molar-refractivity contribution in [3.8, 4) is 5.75 Å². The number of carboxylic acid groups (broad SMARTS) is 1. The van der Waals surface area contributed by atoms with Crippen molar-refractivity contribution in [2.24, 2.45) is 5.73 Å². The lowest BCUT2D eigenvalue weighted by Crippen LogP contribution is -2.49. The summed E-state index contributed by atoms with van der Waals surface area (Å²) in [6.07, 6.45) is 2.45. The Bertz CT molecular complexity index is 594. The predicted molar refractivity (Wildman–Crippen MR) is 95.4 cm³/mol. The molecule has 0 saturated carbocycles. The van der Waals surface area contributed by atoms with Crippen molar-refractivity contribution in [2.45, 2.75) is 24.9 Å². The Morgan fingerprint density at radius 3 is 2.44 bits per heavy atom. The van der Waals surface area contributed by atoms with Gasteiger partial charge >= 0.3 is 5.97 Å². The average Bonchev–Trinajstić information content (AvgIpc) is 2.58. The molecule has 2 unspecified atom stereocenters. The molecule has 1 aromatic carbocycles. The van der Waals surface area contributed by atoms with Crippen LogP contribution in [-0.4, -0.2) is 58.6 Å². The highest BCUT2D eigenvalue weighted by Gasteiger charge is 2.21. The second kappa shape index (κ2) is 10.6. The Hall–Kier alpha value is -2.26. The smallest absolute Gasteiger partial charge is 0.326 e. The maximum atomic E-state index is 11.9. The first-order chi connectivity index (χ1) is 11.8. The van der Waals surface area contributed by atoms with Crippen molar-refractivity contribution >= 4 is 29.5 Å². The largest absolute Gasteiger partial charge is 0.508 e. The number of nitrogens with one attached hydrogen (secondary N) is 2. The Morgan fingerprint density at radius 1 is 1.24 bits per heavy atom.